The lowest BCUT2D eigenvalue weighted by atomic mass is 10.2. The monoisotopic (exact) mass is 385 g/mol. The molecule has 0 aliphatic rings. The summed E-state index contributed by atoms with van der Waals surface area (Å²) in [6.45, 7) is 4.89. The van der Waals surface area contributed by atoms with Crippen LogP contribution in [0.2, 0.25) is 0 Å². The van der Waals surface area contributed by atoms with Crippen LogP contribution >= 0.6 is 11.3 Å². The highest BCUT2D eigenvalue weighted by Gasteiger charge is 2.37. The number of fused-ring (bicyclic) bond motifs is 1. The van der Waals surface area contributed by atoms with Crippen molar-refractivity contribution in [3.05, 3.63) is 34.1 Å². The van der Waals surface area contributed by atoms with E-state index in [-0.39, 0.29) is 16.2 Å². The zero-order valence-electron chi connectivity index (χ0n) is 14.8. The predicted octanol–water partition coefficient (Wildman–Crippen LogP) is 3.45. The molecule has 0 N–H and O–H groups in total. The Labute approximate surface area is 151 Å². The summed E-state index contributed by atoms with van der Waals surface area (Å²) in [4.78, 5) is 14.7. The summed E-state index contributed by atoms with van der Waals surface area (Å²) < 4.78 is 42.2. The molecule has 0 bridgehead atoms. The van der Waals surface area contributed by atoms with Gasteiger partial charge in [0.15, 0.2) is 5.69 Å². The van der Waals surface area contributed by atoms with Gasteiger partial charge < -0.3 is 4.90 Å². The molecule has 3 rings (SSSR count). The van der Waals surface area contributed by atoms with Crippen molar-refractivity contribution in [2.24, 2.45) is 7.05 Å². The second-order valence-corrected chi connectivity index (χ2v) is 7.09. The molecule has 140 valence electrons. The molecule has 0 aliphatic heterocycles. The van der Waals surface area contributed by atoms with E-state index in [4.69, 9.17) is 0 Å². The molecule has 6 nitrogen and oxygen atoms in total. The Morgan fingerprint density at radius 3 is 2.62 bits per heavy atom. The molecular formula is C16H18F3N5OS. The van der Waals surface area contributed by atoms with Gasteiger partial charge in [0.1, 0.15) is 4.83 Å². The Balaban J connectivity index is 1.88. The van der Waals surface area contributed by atoms with Crippen LogP contribution in [-0.4, -0.2) is 37.4 Å². The topological polar surface area (TPSA) is 56.0 Å². The largest absolute Gasteiger partial charge is 0.435 e. The van der Waals surface area contributed by atoms with E-state index < -0.39 is 11.9 Å². The van der Waals surface area contributed by atoms with Crippen molar-refractivity contribution in [1.82, 2.24) is 24.5 Å². The van der Waals surface area contributed by atoms with Gasteiger partial charge in [-0.2, -0.15) is 23.4 Å². The minimum absolute atomic E-state index is 0.0447. The molecule has 0 aromatic carbocycles. The number of thiophene rings is 1. The summed E-state index contributed by atoms with van der Waals surface area (Å²) in [5.41, 5.74) is 0.765. The van der Waals surface area contributed by atoms with Crippen molar-refractivity contribution in [2.45, 2.75) is 33.1 Å². The van der Waals surface area contributed by atoms with Crippen LogP contribution in [0.4, 0.5) is 13.2 Å². The van der Waals surface area contributed by atoms with Crippen LogP contribution in [0.5, 0.6) is 0 Å². The number of aromatic nitrogens is 4. The molecule has 0 saturated carbocycles. The Morgan fingerprint density at radius 2 is 2.04 bits per heavy atom. The Hall–Kier alpha value is -2.36. The number of alkyl halides is 3. The highest BCUT2D eigenvalue weighted by Crippen LogP contribution is 2.37. The predicted molar refractivity (Wildman–Crippen MR) is 92.0 cm³/mol. The molecule has 0 saturated heterocycles. The van der Waals surface area contributed by atoms with Crippen molar-refractivity contribution in [3.63, 3.8) is 0 Å². The lowest BCUT2D eigenvalue weighted by molar-refractivity contribution is -0.140. The van der Waals surface area contributed by atoms with E-state index in [1.54, 1.807) is 11.7 Å². The number of hydrogen-bond donors (Lipinski definition) is 0. The van der Waals surface area contributed by atoms with E-state index in [0.717, 1.165) is 33.8 Å². The first-order chi connectivity index (χ1) is 12.1. The minimum Gasteiger partial charge on any atom is -0.337 e. The van der Waals surface area contributed by atoms with Gasteiger partial charge in [0.2, 0.25) is 0 Å². The van der Waals surface area contributed by atoms with E-state index in [2.05, 4.69) is 10.2 Å². The Bertz CT molecular complexity index is 969. The van der Waals surface area contributed by atoms with Crippen LogP contribution in [-0.2, 0) is 26.3 Å². The molecule has 3 aromatic heterocycles. The molecule has 0 unspecified atom stereocenters. The summed E-state index contributed by atoms with van der Waals surface area (Å²) in [6, 6.07) is 1.27. The van der Waals surface area contributed by atoms with Crippen molar-refractivity contribution >= 4 is 27.5 Å². The Morgan fingerprint density at radius 1 is 1.35 bits per heavy atom. The molecule has 0 spiro atoms. The lowest BCUT2D eigenvalue weighted by Gasteiger charge is -2.15. The normalized spacial score (nSPS) is 12.1. The molecule has 1 amide bonds. The Kier molecular flexibility index (Phi) is 4.55. The SMILES string of the molecule is CCn1cc(CN(C)C(=O)c2cc3c(C(F)(F)F)nn(C)c3s2)c(C)n1. The summed E-state index contributed by atoms with van der Waals surface area (Å²) in [5.74, 6) is -0.331. The average molecular weight is 385 g/mol. The molecular weight excluding hydrogens is 367 g/mol. The summed E-state index contributed by atoms with van der Waals surface area (Å²) in [7, 11) is 3.06. The lowest BCUT2D eigenvalue weighted by Crippen LogP contribution is -2.25. The highest BCUT2D eigenvalue weighted by molar-refractivity contribution is 7.20. The highest BCUT2D eigenvalue weighted by atomic mass is 32.1. The number of amides is 1. The summed E-state index contributed by atoms with van der Waals surface area (Å²) >= 11 is 1.01. The molecule has 3 heterocycles. The molecule has 0 atom stereocenters. The summed E-state index contributed by atoms with van der Waals surface area (Å²) in [5, 5.41) is 7.81. The molecule has 0 aliphatic carbocycles. The fourth-order valence-corrected chi connectivity index (χ4v) is 3.81. The first-order valence-corrected chi connectivity index (χ1v) is 8.75. The maximum Gasteiger partial charge on any atom is 0.435 e. The van der Waals surface area contributed by atoms with Crippen LogP contribution in [0.3, 0.4) is 0 Å². The van der Waals surface area contributed by atoms with E-state index in [9.17, 15) is 18.0 Å². The number of carbonyl (C=O) groups excluding carboxylic acids is 1. The zero-order valence-corrected chi connectivity index (χ0v) is 15.6. The van der Waals surface area contributed by atoms with E-state index in [0.29, 0.717) is 11.4 Å². The van der Waals surface area contributed by atoms with Gasteiger partial charge in [0, 0.05) is 44.3 Å². The van der Waals surface area contributed by atoms with Gasteiger partial charge in [-0.3, -0.25) is 14.2 Å². The minimum atomic E-state index is -4.56. The smallest absolute Gasteiger partial charge is 0.337 e. The third-order valence-corrected chi connectivity index (χ3v) is 5.31. The third-order valence-electron chi connectivity index (χ3n) is 4.12. The standard InChI is InChI=1S/C16H18F3N5OS/c1-5-24-8-10(9(2)20-24)7-22(3)14(25)12-6-11-13(16(17,18)19)21-23(4)15(11)26-12/h6,8H,5,7H2,1-4H3. The van der Waals surface area contributed by atoms with Gasteiger partial charge in [-0.15, -0.1) is 11.3 Å². The van der Waals surface area contributed by atoms with Crippen LogP contribution in [0.1, 0.15) is 33.5 Å². The fourth-order valence-electron chi connectivity index (χ4n) is 2.75. The molecule has 10 heteroatoms. The number of aryl methyl sites for hydroxylation is 3. The second-order valence-electron chi connectivity index (χ2n) is 6.06. The molecule has 0 radical (unpaired) electrons. The molecule has 0 fully saturated rings. The zero-order chi connectivity index (χ0) is 19.2. The first-order valence-electron chi connectivity index (χ1n) is 7.94. The van der Waals surface area contributed by atoms with E-state index in [1.165, 1.54) is 18.0 Å². The van der Waals surface area contributed by atoms with Gasteiger partial charge >= 0.3 is 6.18 Å². The van der Waals surface area contributed by atoms with E-state index in [1.807, 2.05) is 20.0 Å². The van der Waals surface area contributed by atoms with Crippen LogP contribution < -0.4 is 0 Å². The van der Waals surface area contributed by atoms with Gasteiger partial charge in [0.05, 0.1) is 10.6 Å². The van der Waals surface area contributed by atoms with Crippen molar-refractivity contribution < 1.29 is 18.0 Å². The fraction of sp³-hybridized carbons (Fsp3) is 0.438. The van der Waals surface area contributed by atoms with Crippen LogP contribution in [0.15, 0.2) is 12.3 Å². The van der Waals surface area contributed by atoms with E-state index >= 15 is 0 Å². The number of nitrogens with zero attached hydrogens (tertiary/aromatic N) is 5. The van der Waals surface area contributed by atoms with Gasteiger partial charge in [-0.05, 0) is 19.9 Å². The average Bonchev–Trinajstić information content (AvgIpc) is 3.21. The number of carbonyl (C=O) groups is 1. The molecule has 3 aromatic rings. The van der Waals surface area contributed by atoms with Gasteiger partial charge in [0.25, 0.3) is 5.91 Å². The number of rotatable bonds is 4. The van der Waals surface area contributed by atoms with Crippen molar-refractivity contribution in [1.29, 1.82) is 0 Å². The maximum absolute atomic E-state index is 13.1. The number of hydrogen-bond acceptors (Lipinski definition) is 4. The van der Waals surface area contributed by atoms with Crippen molar-refractivity contribution in [3.8, 4) is 0 Å². The number of halogens is 3. The van der Waals surface area contributed by atoms with Gasteiger partial charge in [-0.1, -0.05) is 0 Å². The maximum atomic E-state index is 13.1. The first kappa shape index (κ1) is 18.4. The van der Waals surface area contributed by atoms with Crippen LogP contribution in [0, 0.1) is 6.92 Å². The van der Waals surface area contributed by atoms with Crippen LogP contribution in [0.25, 0.3) is 10.2 Å². The van der Waals surface area contributed by atoms with Gasteiger partial charge in [-0.25, -0.2) is 0 Å². The van der Waals surface area contributed by atoms with Crippen molar-refractivity contribution in [2.75, 3.05) is 7.05 Å². The summed E-state index contributed by atoms with van der Waals surface area (Å²) in [6.07, 6.45) is -2.69. The molecule has 26 heavy (non-hydrogen) atoms. The third kappa shape index (κ3) is 3.20. The quantitative estimate of drug-likeness (QED) is 0.691. The second kappa shape index (κ2) is 6.42.